The third-order valence-electron chi connectivity index (χ3n) is 4.09. The monoisotopic (exact) mass is 338 g/mol. The third kappa shape index (κ3) is 2.26. The van der Waals surface area contributed by atoms with Crippen LogP contribution < -0.4 is 16.3 Å². The number of aromatic carboxylic acids is 1. The number of imidazole rings is 1. The largest absolute Gasteiger partial charge is 0.478 e. The molecule has 1 aliphatic heterocycles. The zero-order valence-electron chi connectivity index (χ0n) is 12.7. The average Bonchev–Trinajstić information content (AvgIpc) is 2.96. The molecule has 1 unspecified atom stereocenters. The van der Waals surface area contributed by atoms with E-state index >= 15 is 0 Å². The number of fused-ring (bicyclic) bond motifs is 2. The molecule has 1 amide bonds. The van der Waals surface area contributed by atoms with Gasteiger partial charge in [0.25, 0.3) is 5.91 Å². The van der Waals surface area contributed by atoms with Crippen LogP contribution in [0.5, 0.6) is 0 Å². The van der Waals surface area contributed by atoms with E-state index in [4.69, 9.17) is 10.8 Å². The van der Waals surface area contributed by atoms with E-state index in [0.717, 1.165) is 0 Å². The van der Waals surface area contributed by atoms with Gasteiger partial charge in [0.15, 0.2) is 0 Å². The van der Waals surface area contributed by atoms with Crippen molar-refractivity contribution in [1.29, 1.82) is 0 Å². The molecule has 7 nitrogen and oxygen atoms in total. The number of H-pyrrole nitrogens is 1. The Morgan fingerprint density at radius 3 is 2.84 bits per heavy atom. The van der Waals surface area contributed by atoms with Gasteiger partial charge in [-0.15, -0.1) is 0 Å². The standard InChI is InChI=1S/C17H11FN4O3/c18-8-2-1-3-10-12(8)14(19)13(16(23)22-10)15-20-9-5-4-7(17(24)25)6-11(9)21-15/h1-6,13H,19H2,(H,20,21)(H,24,25). The molecule has 0 radical (unpaired) electrons. The molecule has 0 saturated heterocycles. The van der Waals surface area contributed by atoms with Crippen molar-refractivity contribution < 1.29 is 19.1 Å². The number of nitrogens with two attached hydrogens (primary N) is 1. The second kappa shape index (κ2) is 5.23. The summed E-state index contributed by atoms with van der Waals surface area (Å²) in [5, 5.41) is 9.32. The second-order valence-corrected chi connectivity index (χ2v) is 5.63. The van der Waals surface area contributed by atoms with Gasteiger partial charge in [-0.2, -0.15) is 0 Å². The number of carbonyl (C=O) groups excluding carboxylic acids is 1. The van der Waals surface area contributed by atoms with Crippen molar-refractivity contribution in [2.24, 2.45) is 10.7 Å². The highest BCUT2D eigenvalue weighted by Gasteiger charge is 2.30. The van der Waals surface area contributed by atoms with Gasteiger partial charge in [0.2, 0.25) is 0 Å². The van der Waals surface area contributed by atoms with Crippen molar-refractivity contribution in [3.8, 4) is 0 Å². The highest BCUT2D eigenvalue weighted by atomic mass is 19.1. The Kier molecular flexibility index (Phi) is 3.14. The first-order valence-corrected chi connectivity index (χ1v) is 7.35. The number of halogens is 1. The van der Waals surface area contributed by atoms with E-state index in [1.165, 1.54) is 36.4 Å². The van der Waals surface area contributed by atoms with Gasteiger partial charge in [-0.05, 0) is 30.3 Å². The minimum atomic E-state index is -1.08. The average molecular weight is 338 g/mol. The van der Waals surface area contributed by atoms with E-state index in [2.05, 4.69) is 15.0 Å². The normalized spacial score (nSPS) is 16.6. The fourth-order valence-corrected chi connectivity index (χ4v) is 2.92. The molecule has 0 fully saturated rings. The molecule has 124 valence electrons. The zero-order chi connectivity index (χ0) is 17.7. The smallest absolute Gasteiger partial charge is 0.335 e. The molecule has 8 heteroatoms. The number of hydrogen-bond donors (Lipinski definition) is 3. The van der Waals surface area contributed by atoms with E-state index in [1.54, 1.807) is 0 Å². The Labute approximate surface area is 139 Å². The molecule has 3 aromatic rings. The van der Waals surface area contributed by atoms with Gasteiger partial charge in [-0.25, -0.2) is 19.2 Å². The topological polar surface area (TPSA) is 121 Å². The maximum Gasteiger partial charge on any atom is 0.335 e. The van der Waals surface area contributed by atoms with Gasteiger partial charge in [-0.3, -0.25) is 4.79 Å². The summed E-state index contributed by atoms with van der Waals surface area (Å²) < 4.78 is 14.1. The Morgan fingerprint density at radius 2 is 2.08 bits per heavy atom. The van der Waals surface area contributed by atoms with Crippen LogP contribution in [0.4, 0.5) is 4.39 Å². The molecule has 0 aliphatic carbocycles. The van der Waals surface area contributed by atoms with Crippen LogP contribution in [0.3, 0.4) is 0 Å². The number of carboxylic acids is 1. The van der Waals surface area contributed by atoms with Crippen LogP contribution in [0, 0.1) is 5.82 Å². The lowest BCUT2D eigenvalue weighted by atomic mass is 9.99. The quantitative estimate of drug-likeness (QED) is 0.625. The highest BCUT2D eigenvalue weighted by molar-refractivity contribution is 5.95. The van der Waals surface area contributed by atoms with Crippen molar-refractivity contribution in [2.45, 2.75) is 5.92 Å². The molecule has 1 aliphatic rings. The van der Waals surface area contributed by atoms with E-state index in [0.29, 0.717) is 11.0 Å². The van der Waals surface area contributed by atoms with Crippen LogP contribution in [0.25, 0.3) is 16.7 Å². The van der Waals surface area contributed by atoms with Gasteiger partial charge in [0.1, 0.15) is 17.6 Å². The number of nitrogens with zero attached hydrogens (tertiary/aromatic N) is 2. The van der Waals surface area contributed by atoms with Gasteiger partial charge >= 0.3 is 5.97 Å². The van der Waals surface area contributed by atoms with Gasteiger partial charge in [0, 0.05) is 5.70 Å². The summed E-state index contributed by atoms with van der Waals surface area (Å²) in [6, 6.07) is 8.54. The molecular weight excluding hydrogens is 327 g/mol. The first kappa shape index (κ1) is 15.0. The highest BCUT2D eigenvalue weighted by Crippen LogP contribution is 2.25. The molecule has 2 heterocycles. The molecule has 0 spiro atoms. The molecule has 4 N–H and O–H groups in total. The summed E-state index contributed by atoms with van der Waals surface area (Å²) in [6.45, 7) is 0. The van der Waals surface area contributed by atoms with Crippen molar-refractivity contribution in [1.82, 2.24) is 9.97 Å². The predicted molar refractivity (Wildman–Crippen MR) is 85.6 cm³/mol. The SMILES string of the molecule is NC1=c2c(F)cccc2=NC(=O)C1c1nc2ccc(C(=O)O)cc2[nH]1. The lowest BCUT2D eigenvalue weighted by Crippen LogP contribution is -2.41. The van der Waals surface area contributed by atoms with E-state index in [1.807, 2.05) is 0 Å². The number of carbonyl (C=O) groups is 2. The second-order valence-electron chi connectivity index (χ2n) is 5.63. The molecule has 1 aromatic heterocycles. The maximum absolute atomic E-state index is 14.1. The minimum Gasteiger partial charge on any atom is -0.478 e. The number of amides is 1. The predicted octanol–water partition coefficient (Wildman–Crippen LogP) is 0.411. The van der Waals surface area contributed by atoms with Gasteiger partial charge in [-0.1, -0.05) is 6.07 Å². The van der Waals surface area contributed by atoms with Crippen LogP contribution in [-0.4, -0.2) is 27.0 Å². The molecule has 25 heavy (non-hydrogen) atoms. The number of hydrogen-bond acceptors (Lipinski definition) is 4. The fourth-order valence-electron chi connectivity index (χ4n) is 2.92. The van der Waals surface area contributed by atoms with Crippen molar-refractivity contribution in [2.75, 3.05) is 0 Å². The Bertz CT molecular complexity index is 1180. The van der Waals surface area contributed by atoms with Gasteiger partial charge in [0.05, 0.1) is 27.2 Å². The van der Waals surface area contributed by atoms with E-state index in [9.17, 15) is 14.0 Å². The van der Waals surface area contributed by atoms with Gasteiger partial charge < -0.3 is 15.8 Å². The Morgan fingerprint density at radius 1 is 1.28 bits per heavy atom. The number of rotatable bonds is 2. The summed E-state index contributed by atoms with van der Waals surface area (Å²) >= 11 is 0. The number of aromatic amines is 1. The van der Waals surface area contributed by atoms with Crippen molar-refractivity contribution in [3.05, 3.63) is 64.2 Å². The lowest BCUT2D eigenvalue weighted by Gasteiger charge is -2.15. The first-order chi connectivity index (χ1) is 12.0. The minimum absolute atomic E-state index is 0.0191. The summed E-state index contributed by atoms with van der Waals surface area (Å²) in [5.74, 6) is -3.07. The molecule has 4 rings (SSSR count). The molecule has 2 aromatic carbocycles. The first-order valence-electron chi connectivity index (χ1n) is 7.35. The molecule has 1 atom stereocenters. The Hall–Kier alpha value is -3.55. The molecule has 0 bridgehead atoms. The number of carboxylic acid groups (broad SMARTS) is 1. The van der Waals surface area contributed by atoms with E-state index in [-0.39, 0.29) is 27.7 Å². The van der Waals surface area contributed by atoms with Crippen LogP contribution in [0.2, 0.25) is 0 Å². The van der Waals surface area contributed by atoms with Crippen LogP contribution in [-0.2, 0) is 4.79 Å². The summed E-state index contributed by atoms with van der Waals surface area (Å²) in [4.78, 5) is 34.5. The summed E-state index contributed by atoms with van der Waals surface area (Å²) in [6.07, 6.45) is 0. The van der Waals surface area contributed by atoms with Crippen LogP contribution in [0.1, 0.15) is 22.1 Å². The summed E-state index contributed by atoms with van der Waals surface area (Å²) in [7, 11) is 0. The summed E-state index contributed by atoms with van der Waals surface area (Å²) in [5.41, 5.74) is 7.07. The Balaban J connectivity index is 1.92. The maximum atomic E-state index is 14.1. The molecule has 0 saturated carbocycles. The zero-order valence-corrected chi connectivity index (χ0v) is 12.7. The van der Waals surface area contributed by atoms with Crippen LogP contribution in [0.15, 0.2) is 41.4 Å². The van der Waals surface area contributed by atoms with E-state index < -0.39 is 23.6 Å². The molecular formula is C17H11FN4O3. The number of aromatic nitrogens is 2. The lowest BCUT2D eigenvalue weighted by molar-refractivity contribution is -0.118. The van der Waals surface area contributed by atoms with Crippen molar-refractivity contribution >= 4 is 28.6 Å². The third-order valence-corrected chi connectivity index (χ3v) is 4.09. The fraction of sp³-hybridized carbons (Fsp3) is 0.0588. The number of benzene rings is 2. The number of nitrogens with one attached hydrogen (secondary N) is 1. The van der Waals surface area contributed by atoms with Crippen molar-refractivity contribution in [3.63, 3.8) is 0 Å². The van der Waals surface area contributed by atoms with Crippen LogP contribution >= 0.6 is 0 Å².